The first kappa shape index (κ1) is 29.2. The summed E-state index contributed by atoms with van der Waals surface area (Å²) in [6.07, 6.45) is 0. The summed E-state index contributed by atoms with van der Waals surface area (Å²) < 4.78 is 42.6. The van der Waals surface area contributed by atoms with E-state index in [9.17, 15) is 17.6 Å². The smallest absolute Gasteiger partial charge is 0.261 e. The van der Waals surface area contributed by atoms with E-state index < -0.39 is 15.8 Å². The lowest BCUT2D eigenvalue weighted by Crippen LogP contribution is -2.48. The summed E-state index contributed by atoms with van der Waals surface area (Å²) in [5, 5.41) is 3.96. The van der Waals surface area contributed by atoms with Crippen molar-refractivity contribution in [3.8, 4) is 0 Å². The Morgan fingerprint density at radius 3 is 2.38 bits per heavy atom. The van der Waals surface area contributed by atoms with Gasteiger partial charge in [0.15, 0.2) is 5.13 Å². The first-order chi connectivity index (χ1) is 18.3. The first-order valence-corrected chi connectivity index (χ1v) is 15.1. The lowest BCUT2D eigenvalue weighted by Gasteiger charge is -2.34. The van der Waals surface area contributed by atoms with Gasteiger partial charge in [-0.25, -0.2) is 17.8 Å². The number of halogens is 3. The molecule has 0 aliphatic carbocycles. The molecule has 1 aromatic heterocycles. The van der Waals surface area contributed by atoms with Gasteiger partial charge in [-0.1, -0.05) is 27.3 Å². The quantitative estimate of drug-likeness (QED) is 0.279. The molecule has 1 amide bonds. The van der Waals surface area contributed by atoms with Crippen molar-refractivity contribution in [2.45, 2.75) is 4.90 Å². The number of aromatic nitrogens is 1. The highest BCUT2D eigenvalue weighted by Gasteiger charge is 2.20. The minimum absolute atomic E-state index is 0. The lowest BCUT2D eigenvalue weighted by molar-refractivity contribution is 0.0948. The highest BCUT2D eigenvalue weighted by atomic mass is 79.9. The third kappa shape index (κ3) is 7.25. The minimum atomic E-state index is -3.85. The van der Waals surface area contributed by atoms with Gasteiger partial charge in [-0.3, -0.25) is 14.4 Å². The van der Waals surface area contributed by atoms with Crippen molar-refractivity contribution in [2.24, 2.45) is 0 Å². The number of thiazole rings is 1. The van der Waals surface area contributed by atoms with Gasteiger partial charge in [0.1, 0.15) is 5.82 Å². The predicted octanol–water partition coefficient (Wildman–Crippen LogP) is 4.97. The van der Waals surface area contributed by atoms with Gasteiger partial charge in [-0.15, -0.1) is 12.4 Å². The molecule has 0 spiro atoms. The Morgan fingerprint density at radius 1 is 1.00 bits per heavy atom. The van der Waals surface area contributed by atoms with Gasteiger partial charge in [0.2, 0.25) is 0 Å². The molecule has 2 heterocycles. The van der Waals surface area contributed by atoms with Crippen LogP contribution >= 0.6 is 39.7 Å². The van der Waals surface area contributed by atoms with E-state index in [0.717, 1.165) is 64.7 Å². The molecule has 3 aromatic carbocycles. The molecule has 1 aliphatic rings. The van der Waals surface area contributed by atoms with E-state index in [1.807, 2.05) is 12.1 Å². The molecular weight excluding hydrogens is 629 g/mol. The average Bonchev–Trinajstić information content (AvgIpc) is 3.33. The highest BCUT2D eigenvalue weighted by Crippen LogP contribution is 2.31. The standard InChI is InChI=1S/C26H25BrFN5O3S2.ClH/c27-19-3-10-23-24(17-19)37-26(30-23)33-15-13-32(14-16-33)12-11-29-25(34)18-1-6-21(7-2-18)31-38(35,36)22-8-4-20(28)5-9-22;/h1-10,17,31H,11-16H2,(H,29,34);1H. The molecule has 0 saturated carbocycles. The molecule has 0 radical (unpaired) electrons. The molecule has 4 aromatic rings. The van der Waals surface area contributed by atoms with Gasteiger partial charge in [0.25, 0.3) is 15.9 Å². The van der Waals surface area contributed by atoms with E-state index in [-0.39, 0.29) is 23.2 Å². The van der Waals surface area contributed by atoms with Crippen LogP contribution in [-0.2, 0) is 10.0 Å². The number of benzene rings is 3. The van der Waals surface area contributed by atoms with Gasteiger partial charge < -0.3 is 10.2 Å². The van der Waals surface area contributed by atoms with Crippen LogP contribution < -0.4 is 14.9 Å². The van der Waals surface area contributed by atoms with Crippen molar-refractivity contribution in [3.63, 3.8) is 0 Å². The summed E-state index contributed by atoms with van der Waals surface area (Å²) in [7, 11) is -3.85. The third-order valence-corrected chi connectivity index (χ3v) is 9.19. The number of rotatable bonds is 8. The minimum Gasteiger partial charge on any atom is -0.351 e. The van der Waals surface area contributed by atoms with Crippen LogP contribution in [0.15, 0.2) is 76.1 Å². The molecule has 13 heteroatoms. The number of anilines is 2. The summed E-state index contributed by atoms with van der Waals surface area (Å²) in [5.41, 5.74) is 1.75. The van der Waals surface area contributed by atoms with Gasteiger partial charge in [0, 0.05) is 55.0 Å². The highest BCUT2D eigenvalue weighted by molar-refractivity contribution is 9.10. The molecule has 0 unspecified atom stereocenters. The summed E-state index contributed by atoms with van der Waals surface area (Å²) in [4.78, 5) is 21.9. The van der Waals surface area contributed by atoms with Crippen LogP contribution in [0.5, 0.6) is 0 Å². The Kier molecular flexibility index (Phi) is 9.44. The maximum Gasteiger partial charge on any atom is 0.261 e. The molecule has 1 fully saturated rings. The molecule has 2 N–H and O–H groups in total. The number of hydrogen-bond donors (Lipinski definition) is 2. The second kappa shape index (κ2) is 12.6. The van der Waals surface area contributed by atoms with E-state index in [0.29, 0.717) is 17.8 Å². The number of carbonyl (C=O) groups excluding carboxylic acids is 1. The fourth-order valence-electron chi connectivity index (χ4n) is 4.13. The lowest BCUT2D eigenvalue weighted by atomic mass is 10.2. The molecule has 8 nitrogen and oxygen atoms in total. The van der Waals surface area contributed by atoms with Crippen molar-refractivity contribution in [2.75, 3.05) is 48.9 Å². The third-order valence-electron chi connectivity index (χ3n) is 6.22. The second-order valence-electron chi connectivity index (χ2n) is 8.83. The first-order valence-electron chi connectivity index (χ1n) is 12.0. The van der Waals surface area contributed by atoms with Crippen LogP contribution in [0.4, 0.5) is 15.2 Å². The zero-order valence-corrected chi connectivity index (χ0v) is 24.7. The Labute approximate surface area is 244 Å². The van der Waals surface area contributed by atoms with E-state index in [4.69, 9.17) is 4.98 Å². The van der Waals surface area contributed by atoms with Crippen LogP contribution in [-0.4, -0.2) is 63.5 Å². The molecule has 5 rings (SSSR count). The molecular formula is C26H26BrClFN5O3S2. The summed E-state index contributed by atoms with van der Waals surface area (Å²) in [5.74, 6) is -0.739. The van der Waals surface area contributed by atoms with Crippen LogP contribution in [0.1, 0.15) is 10.4 Å². The topological polar surface area (TPSA) is 94.6 Å². The zero-order valence-electron chi connectivity index (χ0n) is 20.6. The molecule has 1 aliphatic heterocycles. The summed E-state index contributed by atoms with van der Waals surface area (Å²) in [6.45, 7) is 4.78. The van der Waals surface area contributed by atoms with Gasteiger partial charge in [0.05, 0.1) is 15.1 Å². The fraction of sp³-hybridized carbons (Fsp3) is 0.231. The van der Waals surface area contributed by atoms with Crippen molar-refractivity contribution < 1.29 is 17.6 Å². The maximum atomic E-state index is 13.1. The van der Waals surface area contributed by atoms with Crippen LogP contribution in [0.2, 0.25) is 0 Å². The monoisotopic (exact) mass is 653 g/mol. The predicted molar refractivity (Wildman–Crippen MR) is 159 cm³/mol. The van der Waals surface area contributed by atoms with Crippen LogP contribution in [0.25, 0.3) is 10.2 Å². The van der Waals surface area contributed by atoms with Crippen molar-refractivity contribution >= 4 is 76.6 Å². The van der Waals surface area contributed by atoms with Gasteiger partial charge >= 0.3 is 0 Å². The number of sulfonamides is 1. The largest absolute Gasteiger partial charge is 0.351 e. The van der Waals surface area contributed by atoms with E-state index in [2.05, 4.69) is 41.8 Å². The van der Waals surface area contributed by atoms with Gasteiger partial charge in [-0.05, 0) is 66.7 Å². The SMILES string of the molecule is Cl.O=C(NCCN1CCN(c2nc3ccc(Br)cc3s2)CC1)c1ccc(NS(=O)(=O)c2ccc(F)cc2)cc1. The molecule has 39 heavy (non-hydrogen) atoms. The van der Waals surface area contributed by atoms with E-state index in [1.165, 1.54) is 24.3 Å². The Hall–Kier alpha value is -2.77. The van der Waals surface area contributed by atoms with Crippen molar-refractivity contribution in [1.29, 1.82) is 0 Å². The summed E-state index contributed by atoms with van der Waals surface area (Å²) >= 11 is 5.21. The number of amides is 1. The molecule has 0 bridgehead atoms. The molecule has 0 atom stereocenters. The Bertz CT molecular complexity index is 1540. The van der Waals surface area contributed by atoms with Crippen LogP contribution in [0, 0.1) is 5.82 Å². The van der Waals surface area contributed by atoms with Crippen molar-refractivity contribution in [3.05, 3.63) is 82.6 Å². The number of piperazine rings is 1. The van der Waals surface area contributed by atoms with E-state index in [1.54, 1.807) is 23.5 Å². The average molecular weight is 655 g/mol. The molecule has 206 valence electrons. The normalized spacial score (nSPS) is 14.2. The van der Waals surface area contributed by atoms with Crippen LogP contribution in [0.3, 0.4) is 0 Å². The Morgan fingerprint density at radius 2 is 1.69 bits per heavy atom. The maximum absolute atomic E-state index is 13.1. The summed E-state index contributed by atoms with van der Waals surface area (Å²) in [6, 6.07) is 16.9. The molecule has 1 saturated heterocycles. The zero-order chi connectivity index (χ0) is 26.7. The number of nitrogens with one attached hydrogen (secondary N) is 2. The fourth-order valence-corrected chi connectivity index (χ4v) is 6.76. The second-order valence-corrected chi connectivity index (χ2v) is 12.4. The Balaban J connectivity index is 0.00000353. The van der Waals surface area contributed by atoms with Gasteiger partial charge in [-0.2, -0.15) is 0 Å². The number of nitrogens with zero attached hydrogens (tertiary/aromatic N) is 3. The number of fused-ring (bicyclic) bond motifs is 1. The number of hydrogen-bond acceptors (Lipinski definition) is 7. The van der Waals surface area contributed by atoms with Crippen molar-refractivity contribution in [1.82, 2.24) is 15.2 Å². The number of carbonyl (C=O) groups is 1. The van der Waals surface area contributed by atoms with E-state index >= 15 is 0 Å².